The van der Waals surface area contributed by atoms with Gasteiger partial charge in [0.2, 0.25) is 0 Å². The third kappa shape index (κ3) is 4.43. The van der Waals surface area contributed by atoms with Gasteiger partial charge in [-0.25, -0.2) is 0 Å². The molecule has 2 amide bonds. The van der Waals surface area contributed by atoms with Gasteiger partial charge >= 0.3 is 5.91 Å². The number of hydrogen-bond donors (Lipinski definition) is 3. The van der Waals surface area contributed by atoms with Crippen LogP contribution in [0.3, 0.4) is 0 Å². The van der Waals surface area contributed by atoms with Crippen LogP contribution in [0.2, 0.25) is 0 Å². The van der Waals surface area contributed by atoms with E-state index in [-0.39, 0.29) is 0 Å². The van der Waals surface area contributed by atoms with E-state index in [2.05, 4.69) is 10.9 Å². The molecule has 0 atom stereocenters. The molecule has 4 rings (SSSR count). The van der Waals surface area contributed by atoms with Crippen LogP contribution in [0.15, 0.2) is 96.8 Å². The molecule has 0 radical (unpaired) electrons. The number of ketones is 1. The molecular weight excluding hydrogens is 392 g/mol. The average Bonchev–Trinajstić information content (AvgIpc) is 2.81. The molecule has 31 heavy (non-hydrogen) atoms. The number of rotatable bonds is 4. The van der Waals surface area contributed by atoms with Crippen LogP contribution in [0.1, 0.15) is 20.7 Å². The third-order valence-electron chi connectivity index (χ3n) is 4.84. The van der Waals surface area contributed by atoms with Crippen LogP contribution in [-0.4, -0.2) is 22.7 Å². The first-order valence-corrected chi connectivity index (χ1v) is 9.54. The summed E-state index contributed by atoms with van der Waals surface area (Å²) in [5, 5.41) is 13.7. The minimum Gasteiger partial charge on any atom is -0.503 e. The van der Waals surface area contributed by atoms with E-state index >= 15 is 0 Å². The number of carbonyl (C=O) groups excluding carboxylic acids is 3. The predicted molar refractivity (Wildman–Crippen MR) is 119 cm³/mol. The fraction of sp³-hybridized carbons (Fsp3) is 0. The van der Waals surface area contributed by atoms with E-state index in [0.29, 0.717) is 11.1 Å². The molecule has 4 aromatic carbocycles. The highest BCUT2D eigenvalue weighted by Gasteiger charge is 2.13. The molecular formula is C25H18N2O4. The summed E-state index contributed by atoms with van der Waals surface area (Å²) in [5.41, 5.74) is 5.01. The first-order chi connectivity index (χ1) is 15.0. The Balaban J connectivity index is 1.41. The van der Waals surface area contributed by atoms with Crippen molar-refractivity contribution in [3.05, 3.63) is 108 Å². The number of amides is 2. The second-order valence-corrected chi connectivity index (χ2v) is 6.93. The number of aliphatic hydroxyl groups is 1. The van der Waals surface area contributed by atoms with Crippen LogP contribution >= 0.6 is 0 Å². The van der Waals surface area contributed by atoms with E-state index in [1.807, 2.05) is 48.5 Å². The van der Waals surface area contributed by atoms with Crippen molar-refractivity contribution in [2.45, 2.75) is 0 Å². The molecule has 0 heterocycles. The van der Waals surface area contributed by atoms with E-state index < -0.39 is 23.4 Å². The summed E-state index contributed by atoms with van der Waals surface area (Å²) in [6, 6.07) is 25.3. The van der Waals surface area contributed by atoms with Gasteiger partial charge in [0.05, 0.1) is 0 Å². The monoisotopic (exact) mass is 410 g/mol. The zero-order valence-electron chi connectivity index (χ0n) is 16.3. The third-order valence-corrected chi connectivity index (χ3v) is 4.84. The van der Waals surface area contributed by atoms with Crippen LogP contribution in [0.5, 0.6) is 0 Å². The summed E-state index contributed by atoms with van der Waals surface area (Å²) < 4.78 is 0. The van der Waals surface area contributed by atoms with Crippen molar-refractivity contribution in [3.63, 3.8) is 0 Å². The normalized spacial score (nSPS) is 11.3. The van der Waals surface area contributed by atoms with E-state index in [1.54, 1.807) is 36.4 Å². The largest absolute Gasteiger partial charge is 0.503 e. The predicted octanol–water partition coefficient (Wildman–Crippen LogP) is 4.08. The summed E-state index contributed by atoms with van der Waals surface area (Å²) in [5.74, 6) is -2.88. The van der Waals surface area contributed by atoms with Gasteiger partial charge in [-0.1, -0.05) is 66.7 Å². The number of fused-ring (bicyclic) bond motifs is 2. The van der Waals surface area contributed by atoms with Gasteiger partial charge in [0.15, 0.2) is 11.5 Å². The van der Waals surface area contributed by atoms with Crippen LogP contribution in [0, 0.1) is 0 Å². The van der Waals surface area contributed by atoms with Gasteiger partial charge in [-0.15, -0.1) is 0 Å². The minimum absolute atomic E-state index is 0.332. The number of benzene rings is 4. The van der Waals surface area contributed by atoms with Gasteiger partial charge < -0.3 is 5.11 Å². The Hall–Kier alpha value is -4.45. The van der Waals surface area contributed by atoms with Crippen LogP contribution in [0.4, 0.5) is 0 Å². The van der Waals surface area contributed by atoms with Crippen molar-refractivity contribution in [2.24, 2.45) is 0 Å². The Morgan fingerprint density at radius 3 is 1.77 bits per heavy atom. The first-order valence-electron chi connectivity index (χ1n) is 9.54. The second-order valence-electron chi connectivity index (χ2n) is 6.93. The van der Waals surface area contributed by atoms with Crippen LogP contribution in [-0.2, 0) is 4.79 Å². The molecule has 0 saturated carbocycles. The summed E-state index contributed by atoms with van der Waals surface area (Å²) >= 11 is 0. The van der Waals surface area contributed by atoms with E-state index in [1.165, 1.54) is 0 Å². The van der Waals surface area contributed by atoms with Gasteiger partial charge in [0.1, 0.15) is 0 Å². The Labute approximate surface area is 177 Å². The standard InChI is InChI=1S/C25H18N2O4/c28-22(20-11-9-16-5-1-3-7-18(16)13-20)15-23(29)25(31)27-26-24(30)21-12-10-17-6-2-4-8-19(17)14-21/h1-15,29H,(H,26,30)(H,27,31)/b23-15-. The molecule has 0 fully saturated rings. The van der Waals surface area contributed by atoms with Crippen molar-refractivity contribution < 1.29 is 19.5 Å². The smallest absolute Gasteiger partial charge is 0.304 e. The molecule has 152 valence electrons. The van der Waals surface area contributed by atoms with Gasteiger partial charge in [0, 0.05) is 17.2 Å². The molecule has 6 heteroatoms. The SMILES string of the molecule is O=C(NNC(=O)c1ccc2ccccc2c1)/C(O)=C/C(=O)c1ccc2ccccc2c1. The van der Waals surface area contributed by atoms with E-state index in [4.69, 9.17) is 0 Å². The number of allylic oxidation sites excluding steroid dienone is 1. The summed E-state index contributed by atoms with van der Waals surface area (Å²) in [4.78, 5) is 36.7. The minimum atomic E-state index is -0.997. The van der Waals surface area contributed by atoms with Crippen molar-refractivity contribution in [1.82, 2.24) is 10.9 Å². The molecule has 0 bridgehead atoms. The van der Waals surface area contributed by atoms with Crippen LogP contribution < -0.4 is 10.9 Å². The molecule has 6 nitrogen and oxygen atoms in total. The van der Waals surface area contributed by atoms with Crippen molar-refractivity contribution in [3.8, 4) is 0 Å². The van der Waals surface area contributed by atoms with Gasteiger partial charge in [-0.05, 0) is 39.7 Å². The maximum atomic E-state index is 12.4. The number of carbonyl (C=O) groups is 3. The van der Waals surface area contributed by atoms with E-state index in [9.17, 15) is 19.5 Å². The highest BCUT2D eigenvalue weighted by Crippen LogP contribution is 2.17. The number of hydrazine groups is 1. The van der Waals surface area contributed by atoms with E-state index in [0.717, 1.165) is 27.6 Å². The van der Waals surface area contributed by atoms with Crippen molar-refractivity contribution in [1.29, 1.82) is 0 Å². The molecule has 0 spiro atoms. The lowest BCUT2D eigenvalue weighted by molar-refractivity contribution is -0.120. The molecule has 0 aliphatic carbocycles. The lowest BCUT2D eigenvalue weighted by Crippen LogP contribution is -2.42. The fourth-order valence-electron chi connectivity index (χ4n) is 3.20. The molecule has 0 aliphatic rings. The number of aliphatic hydroxyl groups excluding tert-OH is 1. The van der Waals surface area contributed by atoms with Crippen molar-refractivity contribution >= 4 is 39.1 Å². The Bertz CT molecular complexity index is 1360. The summed E-state index contributed by atoms with van der Waals surface area (Å²) in [6.07, 6.45) is 0.821. The van der Waals surface area contributed by atoms with Crippen molar-refractivity contribution in [2.75, 3.05) is 0 Å². The lowest BCUT2D eigenvalue weighted by atomic mass is 10.0. The highest BCUT2D eigenvalue weighted by atomic mass is 16.3. The first kappa shape index (κ1) is 19.8. The summed E-state index contributed by atoms with van der Waals surface area (Å²) in [6.45, 7) is 0. The lowest BCUT2D eigenvalue weighted by Gasteiger charge is -2.08. The quantitative estimate of drug-likeness (QED) is 0.204. The summed E-state index contributed by atoms with van der Waals surface area (Å²) in [7, 11) is 0. The number of nitrogens with one attached hydrogen (secondary N) is 2. The van der Waals surface area contributed by atoms with Crippen LogP contribution in [0.25, 0.3) is 21.5 Å². The maximum Gasteiger partial charge on any atom is 0.304 e. The molecule has 4 aromatic rings. The Morgan fingerprint density at radius 1 is 0.645 bits per heavy atom. The Kier molecular flexibility index (Phi) is 5.45. The zero-order chi connectivity index (χ0) is 21.8. The number of hydrogen-bond acceptors (Lipinski definition) is 4. The average molecular weight is 410 g/mol. The van der Waals surface area contributed by atoms with Gasteiger partial charge in [0.25, 0.3) is 5.91 Å². The Morgan fingerprint density at radius 2 is 1.16 bits per heavy atom. The maximum absolute atomic E-state index is 12.4. The highest BCUT2D eigenvalue weighted by molar-refractivity contribution is 6.10. The van der Waals surface area contributed by atoms with Gasteiger partial charge in [-0.3, -0.25) is 25.2 Å². The topological polar surface area (TPSA) is 95.5 Å². The second kappa shape index (κ2) is 8.51. The molecule has 3 N–H and O–H groups in total. The van der Waals surface area contributed by atoms with Gasteiger partial charge in [-0.2, -0.15) is 0 Å². The zero-order valence-corrected chi connectivity index (χ0v) is 16.3. The molecule has 0 unspecified atom stereocenters. The molecule has 0 aromatic heterocycles. The molecule has 0 saturated heterocycles. The molecule has 0 aliphatic heterocycles. The fourth-order valence-corrected chi connectivity index (χ4v) is 3.20.